The first-order valence-corrected chi connectivity index (χ1v) is 7.24. The van der Waals surface area contributed by atoms with Crippen LogP contribution in [0.2, 0.25) is 5.02 Å². The van der Waals surface area contributed by atoms with Crippen LogP contribution >= 0.6 is 11.6 Å². The van der Waals surface area contributed by atoms with Gasteiger partial charge in [0.2, 0.25) is 11.8 Å². The molecule has 118 valence electrons. The van der Waals surface area contributed by atoms with E-state index in [4.69, 9.17) is 22.1 Å². The number of halogens is 2. The fraction of sp³-hybridized carbons (Fsp3) is 0.200. The highest BCUT2D eigenvalue weighted by molar-refractivity contribution is 6.31. The lowest BCUT2D eigenvalue weighted by Gasteiger charge is -2.11. The van der Waals surface area contributed by atoms with Gasteiger partial charge in [-0.25, -0.2) is 14.4 Å². The van der Waals surface area contributed by atoms with Gasteiger partial charge >= 0.3 is 0 Å². The largest absolute Gasteiger partial charge is 0.473 e. The normalized spacial score (nSPS) is 11.2. The molecule has 0 aliphatic carbocycles. The van der Waals surface area contributed by atoms with Gasteiger partial charge in [0.25, 0.3) is 0 Å². The predicted octanol–water partition coefficient (Wildman–Crippen LogP) is 3.25. The van der Waals surface area contributed by atoms with E-state index in [9.17, 15) is 4.39 Å². The van der Waals surface area contributed by atoms with Crippen molar-refractivity contribution in [2.24, 2.45) is 0 Å². The molecule has 2 heterocycles. The van der Waals surface area contributed by atoms with Gasteiger partial charge in [-0.05, 0) is 32.0 Å². The lowest BCUT2D eigenvalue weighted by Crippen LogP contribution is -2.10. The van der Waals surface area contributed by atoms with E-state index >= 15 is 0 Å². The number of aromatic nitrogens is 4. The maximum Gasteiger partial charge on any atom is 0.247 e. The van der Waals surface area contributed by atoms with Gasteiger partial charge in [-0.3, -0.25) is 0 Å². The number of hydrogen-bond acceptors (Lipinski definition) is 6. The van der Waals surface area contributed by atoms with E-state index in [1.165, 1.54) is 18.3 Å². The number of ether oxygens (including phenoxy) is 1. The number of rotatable bonds is 3. The molecule has 23 heavy (non-hydrogen) atoms. The highest BCUT2D eigenvalue weighted by Gasteiger charge is 2.14. The molecule has 0 aliphatic rings. The Hall–Kier alpha value is -2.54. The van der Waals surface area contributed by atoms with Gasteiger partial charge in [0.15, 0.2) is 11.2 Å². The quantitative estimate of drug-likeness (QED) is 0.791. The second-order valence-electron chi connectivity index (χ2n) is 5.11. The van der Waals surface area contributed by atoms with Crippen LogP contribution in [0.3, 0.4) is 0 Å². The Morgan fingerprint density at radius 1 is 1.22 bits per heavy atom. The molecular weight excluding hydrogens is 321 g/mol. The molecule has 0 radical (unpaired) electrons. The van der Waals surface area contributed by atoms with E-state index in [0.717, 1.165) is 0 Å². The topological polar surface area (TPSA) is 86.8 Å². The monoisotopic (exact) mass is 333 g/mol. The third-order valence-corrected chi connectivity index (χ3v) is 3.24. The Bertz CT molecular complexity index is 887. The van der Waals surface area contributed by atoms with Crippen LogP contribution in [0.4, 0.5) is 10.3 Å². The lowest BCUT2D eigenvalue weighted by molar-refractivity contribution is 0.235. The van der Waals surface area contributed by atoms with E-state index in [2.05, 4.69) is 19.9 Å². The smallest absolute Gasteiger partial charge is 0.247 e. The van der Waals surface area contributed by atoms with Crippen LogP contribution in [-0.4, -0.2) is 26.0 Å². The Balaban J connectivity index is 2.16. The second kappa shape index (κ2) is 5.92. The first kappa shape index (κ1) is 15.4. The van der Waals surface area contributed by atoms with Crippen LogP contribution in [0, 0.1) is 5.82 Å². The summed E-state index contributed by atoms with van der Waals surface area (Å²) in [5.74, 6) is -0.186. The van der Waals surface area contributed by atoms with Gasteiger partial charge < -0.3 is 10.5 Å². The van der Waals surface area contributed by atoms with Gasteiger partial charge in [-0.15, -0.1) is 0 Å². The summed E-state index contributed by atoms with van der Waals surface area (Å²) in [6.45, 7) is 3.72. The molecule has 0 aliphatic heterocycles. The van der Waals surface area contributed by atoms with Crippen LogP contribution in [0.15, 0.2) is 24.4 Å². The molecule has 0 bridgehead atoms. The van der Waals surface area contributed by atoms with Crippen LogP contribution in [0.5, 0.6) is 5.88 Å². The fourth-order valence-corrected chi connectivity index (χ4v) is 2.18. The molecule has 3 aromatic rings. The average molecular weight is 334 g/mol. The second-order valence-corrected chi connectivity index (χ2v) is 5.52. The van der Waals surface area contributed by atoms with Crippen molar-refractivity contribution in [2.45, 2.75) is 20.0 Å². The molecule has 0 amide bonds. The summed E-state index contributed by atoms with van der Waals surface area (Å²) < 4.78 is 18.9. The number of benzene rings is 1. The summed E-state index contributed by atoms with van der Waals surface area (Å²) in [4.78, 5) is 16.8. The van der Waals surface area contributed by atoms with Crippen molar-refractivity contribution in [2.75, 3.05) is 5.73 Å². The summed E-state index contributed by atoms with van der Waals surface area (Å²) in [7, 11) is 0. The highest BCUT2D eigenvalue weighted by atomic mass is 35.5. The molecule has 3 rings (SSSR count). The molecule has 0 spiro atoms. The number of hydrogen-bond donors (Lipinski definition) is 1. The summed E-state index contributed by atoms with van der Waals surface area (Å²) in [6, 6.07) is 4.32. The van der Waals surface area contributed by atoms with Gasteiger partial charge in [0.1, 0.15) is 5.82 Å². The third-order valence-electron chi connectivity index (χ3n) is 2.95. The van der Waals surface area contributed by atoms with Crippen molar-refractivity contribution in [1.29, 1.82) is 0 Å². The van der Waals surface area contributed by atoms with Gasteiger partial charge in [-0.1, -0.05) is 11.6 Å². The van der Waals surface area contributed by atoms with Gasteiger partial charge in [0.05, 0.1) is 23.0 Å². The van der Waals surface area contributed by atoms with Crippen molar-refractivity contribution >= 4 is 28.7 Å². The standard InChI is InChI=1S/C15H13ClFN5O/c1-7(2)23-14-12-13(21-15(18)22-14)19-6-11(20-12)8-3-4-10(17)9(16)5-8/h3-7H,1-2H3,(H2,18,19,21,22). The number of fused-ring (bicyclic) bond motifs is 1. The number of anilines is 1. The van der Waals surface area contributed by atoms with Gasteiger partial charge in [0, 0.05) is 5.56 Å². The Kier molecular flexibility index (Phi) is 3.96. The minimum absolute atomic E-state index is 0.0107. The SMILES string of the molecule is CC(C)Oc1nc(N)nc2ncc(-c3ccc(F)c(Cl)c3)nc12. The first-order chi connectivity index (χ1) is 10.9. The molecule has 0 saturated heterocycles. The zero-order valence-corrected chi connectivity index (χ0v) is 13.2. The van der Waals surface area contributed by atoms with Crippen LogP contribution in [0.25, 0.3) is 22.4 Å². The first-order valence-electron chi connectivity index (χ1n) is 6.86. The van der Waals surface area contributed by atoms with E-state index in [1.54, 1.807) is 6.07 Å². The summed E-state index contributed by atoms with van der Waals surface area (Å²) in [6.07, 6.45) is 1.40. The van der Waals surface area contributed by atoms with Gasteiger partial charge in [-0.2, -0.15) is 9.97 Å². The summed E-state index contributed by atoms with van der Waals surface area (Å²) >= 11 is 5.81. The molecule has 2 N–H and O–H groups in total. The average Bonchev–Trinajstić information content (AvgIpc) is 2.49. The minimum atomic E-state index is -0.496. The third kappa shape index (κ3) is 3.14. The van der Waals surface area contributed by atoms with E-state index in [1.807, 2.05) is 13.8 Å². The molecule has 0 saturated carbocycles. The predicted molar refractivity (Wildman–Crippen MR) is 85.7 cm³/mol. The minimum Gasteiger partial charge on any atom is -0.473 e. The molecule has 8 heteroatoms. The number of nitrogens with two attached hydrogens (primary N) is 1. The molecule has 0 fully saturated rings. The van der Waals surface area contributed by atoms with Crippen LogP contribution in [-0.2, 0) is 0 Å². The number of nitrogens with zero attached hydrogens (tertiary/aromatic N) is 4. The van der Waals surface area contributed by atoms with Crippen molar-refractivity contribution in [1.82, 2.24) is 19.9 Å². The molecule has 2 aromatic heterocycles. The van der Waals surface area contributed by atoms with E-state index < -0.39 is 5.82 Å². The Morgan fingerprint density at radius 3 is 2.70 bits per heavy atom. The van der Waals surface area contributed by atoms with Crippen molar-refractivity contribution in [3.05, 3.63) is 35.2 Å². The zero-order chi connectivity index (χ0) is 16.6. The molecular formula is C15H13ClFN5O. The fourth-order valence-electron chi connectivity index (χ4n) is 2.00. The molecule has 0 atom stereocenters. The zero-order valence-electron chi connectivity index (χ0n) is 12.4. The summed E-state index contributed by atoms with van der Waals surface area (Å²) in [5, 5.41) is 0.0107. The van der Waals surface area contributed by atoms with Crippen LogP contribution in [0.1, 0.15) is 13.8 Å². The summed E-state index contributed by atoms with van der Waals surface area (Å²) in [5.41, 5.74) is 7.49. The van der Waals surface area contributed by atoms with E-state index in [-0.39, 0.29) is 23.0 Å². The molecule has 0 unspecified atom stereocenters. The lowest BCUT2D eigenvalue weighted by atomic mass is 10.1. The maximum absolute atomic E-state index is 13.3. The molecule has 6 nitrogen and oxygen atoms in total. The molecule has 1 aromatic carbocycles. The van der Waals surface area contributed by atoms with Crippen molar-refractivity contribution < 1.29 is 9.13 Å². The van der Waals surface area contributed by atoms with Crippen LogP contribution < -0.4 is 10.5 Å². The Labute approximate surface area is 136 Å². The van der Waals surface area contributed by atoms with Crippen molar-refractivity contribution in [3.8, 4) is 17.1 Å². The Morgan fingerprint density at radius 2 is 2.00 bits per heavy atom. The van der Waals surface area contributed by atoms with E-state index in [0.29, 0.717) is 22.4 Å². The maximum atomic E-state index is 13.3. The number of nitrogen functional groups attached to an aromatic ring is 1. The highest BCUT2D eigenvalue weighted by Crippen LogP contribution is 2.27. The van der Waals surface area contributed by atoms with Crippen molar-refractivity contribution in [3.63, 3.8) is 0 Å².